The number of carboxylic acids is 1. The van der Waals surface area contributed by atoms with E-state index in [-0.39, 0.29) is 24.5 Å². The molecule has 1 saturated heterocycles. The number of aliphatic carboxylic acids is 1. The number of hydrogen-bond acceptors (Lipinski definition) is 4. The van der Waals surface area contributed by atoms with Crippen molar-refractivity contribution in [1.29, 1.82) is 0 Å². The van der Waals surface area contributed by atoms with Crippen molar-refractivity contribution in [2.24, 2.45) is 5.92 Å². The molecule has 20 heavy (non-hydrogen) atoms. The highest BCUT2D eigenvalue weighted by molar-refractivity contribution is 7.84. The van der Waals surface area contributed by atoms with Crippen LogP contribution in [0.1, 0.15) is 13.3 Å². The van der Waals surface area contributed by atoms with Crippen molar-refractivity contribution in [3.8, 4) is 0 Å². The van der Waals surface area contributed by atoms with Gasteiger partial charge in [0.15, 0.2) is 0 Å². The summed E-state index contributed by atoms with van der Waals surface area (Å²) in [6, 6.07) is -0.786. The van der Waals surface area contributed by atoms with E-state index in [0.29, 0.717) is 13.0 Å². The Morgan fingerprint density at radius 1 is 1.50 bits per heavy atom. The second-order valence-electron chi connectivity index (χ2n) is 4.99. The highest BCUT2D eigenvalue weighted by Crippen LogP contribution is 2.18. The third-order valence-electron chi connectivity index (χ3n) is 3.58. The molecule has 0 aliphatic carbocycles. The highest BCUT2D eigenvalue weighted by atomic mass is 32.2. The minimum atomic E-state index is -0.956. The second-order valence-corrected chi connectivity index (χ2v) is 6.79. The zero-order valence-corrected chi connectivity index (χ0v) is 12.8. The first-order valence-corrected chi connectivity index (χ1v) is 8.10. The Kier molecular flexibility index (Phi) is 6.41. The van der Waals surface area contributed by atoms with Crippen LogP contribution in [0.25, 0.3) is 0 Å². The van der Waals surface area contributed by atoms with Crippen molar-refractivity contribution in [2.75, 3.05) is 33.1 Å². The summed E-state index contributed by atoms with van der Waals surface area (Å²) < 4.78 is 16.3. The lowest BCUT2D eigenvalue weighted by atomic mass is 10.0. The van der Waals surface area contributed by atoms with Crippen molar-refractivity contribution in [3.63, 3.8) is 0 Å². The summed E-state index contributed by atoms with van der Waals surface area (Å²) in [5, 5.41) is 11.8. The van der Waals surface area contributed by atoms with E-state index in [2.05, 4.69) is 5.32 Å². The van der Waals surface area contributed by atoms with Crippen molar-refractivity contribution in [1.82, 2.24) is 10.2 Å². The fourth-order valence-corrected chi connectivity index (χ4v) is 2.43. The summed E-state index contributed by atoms with van der Waals surface area (Å²) >= 11 is 0. The average molecular weight is 306 g/mol. The molecule has 0 radical (unpaired) electrons. The molecule has 1 fully saturated rings. The fraction of sp³-hybridized carbons (Fsp3) is 0.833. The van der Waals surface area contributed by atoms with Gasteiger partial charge in [-0.25, -0.2) is 4.79 Å². The van der Waals surface area contributed by atoms with Crippen LogP contribution < -0.4 is 5.32 Å². The van der Waals surface area contributed by atoms with Crippen LogP contribution in [0.2, 0.25) is 0 Å². The third-order valence-corrected chi connectivity index (χ3v) is 4.95. The van der Waals surface area contributed by atoms with Crippen LogP contribution in [0.3, 0.4) is 0 Å². The van der Waals surface area contributed by atoms with Crippen LogP contribution in [-0.4, -0.2) is 70.6 Å². The number of nitrogens with one attached hydrogen (secondary N) is 1. The smallest absolute Gasteiger partial charge is 0.317 e. The topological polar surface area (TPSA) is 95.9 Å². The van der Waals surface area contributed by atoms with E-state index in [0.717, 1.165) is 0 Å². The Hall–Kier alpha value is -1.15. The van der Waals surface area contributed by atoms with Gasteiger partial charge in [0.1, 0.15) is 5.92 Å². The Bertz CT molecular complexity index is 390. The van der Waals surface area contributed by atoms with Gasteiger partial charge in [0.05, 0.1) is 19.3 Å². The van der Waals surface area contributed by atoms with E-state index < -0.39 is 28.7 Å². The molecule has 0 aromatic carbocycles. The molecular weight excluding hydrogens is 284 g/mol. The molecule has 2 N–H and O–H groups in total. The Balaban J connectivity index is 2.43. The van der Waals surface area contributed by atoms with E-state index in [1.165, 1.54) is 4.90 Å². The molecule has 0 aromatic heterocycles. The Morgan fingerprint density at radius 3 is 2.70 bits per heavy atom. The molecule has 1 aliphatic rings. The van der Waals surface area contributed by atoms with Crippen molar-refractivity contribution in [2.45, 2.75) is 24.6 Å². The van der Waals surface area contributed by atoms with Gasteiger partial charge in [-0.1, -0.05) is 6.92 Å². The predicted octanol–water partition coefficient (Wildman–Crippen LogP) is -0.115. The maximum absolute atomic E-state index is 11.9. The fourth-order valence-electron chi connectivity index (χ4n) is 1.98. The lowest BCUT2D eigenvalue weighted by molar-refractivity contribution is -0.142. The van der Waals surface area contributed by atoms with Crippen molar-refractivity contribution in [3.05, 3.63) is 0 Å². The molecule has 0 aromatic rings. The molecule has 7 nitrogen and oxygen atoms in total. The van der Waals surface area contributed by atoms with Crippen LogP contribution in [0, 0.1) is 5.92 Å². The van der Waals surface area contributed by atoms with Crippen LogP contribution in [0.5, 0.6) is 0 Å². The van der Waals surface area contributed by atoms with Crippen molar-refractivity contribution < 1.29 is 23.6 Å². The summed E-state index contributed by atoms with van der Waals surface area (Å²) in [6.07, 6.45) is 2.25. The van der Waals surface area contributed by atoms with Gasteiger partial charge >= 0.3 is 12.0 Å². The monoisotopic (exact) mass is 306 g/mol. The van der Waals surface area contributed by atoms with Gasteiger partial charge in [0, 0.05) is 35.9 Å². The van der Waals surface area contributed by atoms with Gasteiger partial charge in [-0.2, -0.15) is 0 Å². The largest absolute Gasteiger partial charge is 0.481 e. The summed E-state index contributed by atoms with van der Waals surface area (Å²) in [5.41, 5.74) is 0. The number of urea groups is 1. The van der Waals surface area contributed by atoms with Crippen LogP contribution in [0.4, 0.5) is 4.79 Å². The Labute approximate surface area is 121 Å². The molecular formula is C12H22N2O5S. The zero-order chi connectivity index (χ0) is 15.3. The van der Waals surface area contributed by atoms with Crippen molar-refractivity contribution >= 4 is 22.8 Å². The number of rotatable bonds is 6. The SMILES string of the molecule is CC(CCNC(=O)N(C)C1COCC1C(=O)O)S(C)=O. The maximum Gasteiger partial charge on any atom is 0.317 e. The molecule has 2 amide bonds. The minimum Gasteiger partial charge on any atom is -0.481 e. The van der Waals surface area contributed by atoms with Crippen LogP contribution >= 0.6 is 0 Å². The van der Waals surface area contributed by atoms with Gasteiger partial charge in [0.25, 0.3) is 0 Å². The lowest BCUT2D eigenvalue weighted by Crippen LogP contribution is -2.48. The van der Waals surface area contributed by atoms with Gasteiger partial charge in [-0.15, -0.1) is 0 Å². The van der Waals surface area contributed by atoms with E-state index in [1.807, 2.05) is 6.92 Å². The summed E-state index contributed by atoms with van der Waals surface area (Å²) in [7, 11) is 0.649. The predicted molar refractivity (Wildman–Crippen MR) is 75.0 cm³/mol. The lowest BCUT2D eigenvalue weighted by Gasteiger charge is -2.26. The summed E-state index contributed by atoms with van der Waals surface area (Å²) in [6.45, 7) is 2.63. The van der Waals surface area contributed by atoms with Crippen LogP contribution in [0.15, 0.2) is 0 Å². The van der Waals surface area contributed by atoms with Gasteiger partial charge in [-0.3, -0.25) is 9.00 Å². The number of carbonyl (C=O) groups excluding carboxylic acids is 1. The molecule has 0 bridgehead atoms. The van der Waals surface area contributed by atoms with E-state index in [9.17, 15) is 13.8 Å². The maximum atomic E-state index is 11.9. The number of nitrogens with zero attached hydrogens (tertiary/aromatic N) is 1. The highest BCUT2D eigenvalue weighted by Gasteiger charge is 2.38. The van der Waals surface area contributed by atoms with Gasteiger partial charge < -0.3 is 20.1 Å². The standard InChI is InChI=1S/C12H22N2O5S/c1-8(20(3)18)4-5-13-12(17)14(2)10-7-19-6-9(10)11(15)16/h8-10H,4-7H2,1-3H3,(H,13,17)(H,15,16). The normalized spacial score (nSPS) is 24.9. The first kappa shape index (κ1) is 16.9. The van der Waals surface area contributed by atoms with Gasteiger partial charge in [0.2, 0.25) is 0 Å². The molecule has 0 saturated carbocycles. The van der Waals surface area contributed by atoms with E-state index >= 15 is 0 Å². The molecule has 1 aliphatic heterocycles. The summed E-state index contributed by atoms with van der Waals surface area (Å²) in [4.78, 5) is 24.4. The molecule has 8 heteroatoms. The molecule has 1 heterocycles. The molecule has 116 valence electrons. The number of likely N-dealkylation sites (N-methyl/N-ethyl adjacent to an activating group) is 1. The first-order chi connectivity index (χ1) is 9.34. The number of ether oxygens (including phenoxy) is 1. The minimum absolute atomic E-state index is 0.0159. The molecule has 4 atom stereocenters. The quantitative estimate of drug-likeness (QED) is 0.713. The first-order valence-electron chi connectivity index (χ1n) is 6.48. The van der Waals surface area contributed by atoms with E-state index in [4.69, 9.17) is 9.84 Å². The van der Waals surface area contributed by atoms with E-state index in [1.54, 1.807) is 13.3 Å². The third kappa shape index (κ3) is 4.45. The average Bonchev–Trinajstić information content (AvgIpc) is 2.86. The van der Waals surface area contributed by atoms with Gasteiger partial charge in [-0.05, 0) is 6.42 Å². The van der Waals surface area contributed by atoms with Crippen LogP contribution in [-0.2, 0) is 20.3 Å². The molecule has 4 unspecified atom stereocenters. The summed E-state index contributed by atoms with van der Waals surface area (Å²) in [5.74, 6) is -1.64. The number of carboxylic acid groups (broad SMARTS) is 1. The molecule has 0 spiro atoms. The number of amides is 2. The second kappa shape index (κ2) is 7.58. The number of carbonyl (C=O) groups is 2. The number of hydrogen-bond donors (Lipinski definition) is 2. The molecule has 1 rings (SSSR count). The Morgan fingerprint density at radius 2 is 2.15 bits per heavy atom. The zero-order valence-electron chi connectivity index (χ0n) is 12.0.